The van der Waals surface area contributed by atoms with Gasteiger partial charge in [0, 0.05) is 25.5 Å². The van der Waals surface area contributed by atoms with Crippen molar-refractivity contribution in [2.45, 2.75) is 19.8 Å². The number of fused-ring (bicyclic) bond motifs is 1. The van der Waals surface area contributed by atoms with Crippen LogP contribution in [0.1, 0.15) is 30.3 Å². The third kappa shape index (κ3) is 3.37. The summed E-state index contributed by atoms with van der Waals surface area (Å²) in [6, 6.07) is 6.61. The summed E-state index contributed by atoms with van der Waals surface area (Å²) in [5, 5.41) is 2.78. The molecule has 6 nitrogen and oxygen atoms in total. The van der Waals surface area contributed by atoms with Crippen LogP contribution in [0.4, 0.5) is 15.9 Å². The number of amides is 1. The molecule has 4 heterocycles. The molecule has 1 aliphatic rings. The van der Waals surface area contributed by atoms with Crippen LogP contribution >= 0.6 is 0 Å². The monoisotopic (exact) mass is 353 g/mol. The standard InChI is InChI=1S/C19H20FN5O/c1-13-6-8-24(9-7-13)17-5-3-15(10-21-17)22-19(26)16-12-25-11-14(20)2-4-18(25)23-16/h2-5,10-13H,6-9H2,1H3,(H,22,26). The van der Waals surface area contributed by atoms with Gasteiger partial charge >= 0.3 is 0 Å². The lowest BCUT2D eigenvalue weighted by Crippen LogP contribution is -2.33. The van der Waals surface area contributed by atoms with Gasteiger partial charge in [-0.15, -0.1) is 0 Å². The number of pyridine rings is 2. The molecule has 0 radical (unpaired) electrons. The van der Waals surface area contributed by atoms with E-state index in [0.29, 0.717) is 11.3 Å². The molecular formula is C19H20FN5O. The minimum absolute atomic E-state index is 0.227. The van der Waals surface area contributed by atoms with Crippen LogP contribution in [0, 0.1) is 11.7 Å². The highest BCUT2D eigenvalue weighted by Crippen LogP contribution is 2.22. The Balaban J connectivity index is 1.45. The third-order valence-corrected chi connectivity index (χ3v) is 4.76. The predicted molar refractivity (Wildman–Crippen MR) is 98.0 cm³/mol. The molecule has 3 aromatic rings. The van der Waals surface area contributed by atoms with Crippen LogP contribution in [0.5, 0.6) is 0 Å². The van der Waals surface area contributed by atoms with Gasteiger partial charge in [-0.3, -0.25) is 4.79 Å². The molecule has 0 aromatic carbocycles. The van der Waals surface area contributed by atoms with E-state index in [1.165, 1.54) is 41.8 Å². The van der Waals surface area contributed by atoms with Gasteiger partial charge in [0.2, 0.25) is 0 Å². The van der Waals surface area contributed by atoms with Crippen LogP contribution in [0.15, 0.2) is 42.9 Å². The van der Waals surface area contributed by atoms with Crippen molar-refractivity contribution in [3.63, 3.8) is 0 Å². The smallest absolute Gasteiger partial charge is 0.275 e. The normalized spacial score (nSPS) is 15.4. The number of hydrogen-bond donors (Lipinski definition) is 1. The molecule has 0 spiro atoms. The van der Waals surface area contributed by atoms with Crippen LogP contribution < -0.4 is 10.2 Å². The maximum absolute atomic E-state index is 13.2. The highest BCUT2D eigenvalue weighted by atomic mass is 19.1. The van der Waals surface area contributed by atoms with Crippen molar-refractivity contribution in [2.24, 2.45) is 5.92 Å². The van der Waals surface area contributed by atoms with Gasteiger partial charge in [0.25, 0.3) is 5.91 Å². The Morgan fingerprint density at radius 3 is 2.73 bits per heavy atom. The Morgan fingerprint density at radius 2 is 2.00 bits per heavy atom. The summed E-state index contributed by atoms with van der Waals surface area (Å²) >= 11 is 0. The van der Waals surface area contributed by atoms with E-state index >= 15 is 0 Å². The second-order valence-electron chi connectivity index (χ2n) is 6.77. The molecule has 0 aliphatic carbocycles. The largest absolute Gasteiger partial charge is 0.357 e. The molecule has 3 aromatic heterocycles. The average Bonchev–Trinajstić information content (AvgIpc) is 3.06. The quantitative estimate of drug-likeness (QED) is 0.784. The van der Waals surface area contributed by atoms with Crippen molar-refractivity contribution in [3.8, 4) is 0 Å². The first kappa shape index (κ1) is 16.5. The second kappa shape index (κ2) is 6.74. The Hall–Kier alpha value is -2.96. The zero-order valence-corrected chi connectivity index (χ0v) is 14.5. The van der Waals surface area contributed by atoms with Crippen molar-refractivity contribution in [3.05, 3.63) is 54.4 Å². The topological polar surface area (TPSA) is 62.5 Å². The first-order valence-corrected chi connectivity index (χ1v) is 8.75. The molecule has 1 fully saturated rings. The Labute approximate surface area is 150 Å². The highest BCUT2D eigenvalue weighted by Gasteiger charge is 2.17. The Kier molecular flexibility index (Phi) is 4.28. The minimum atomic E-state index is -0.381. The Bertz CT molecular complexity index is 929. The summed E-state index contributed by atoms with van der Waals surface area (Å²) in [6.07, 6.45) is 6.80. The minimum Gasteiger partial charge on any atom is -0.357 e. The van der Waals surface area contributed by atoms with Gasteiger partial charge in [-0.1, -0.05) is 6.92 Å². The number of piperidine rings is 1. The lowest BCUT2D eigenvalue weighted by atomic mass is 9.99. The van der Waals surface area contributed by atoms with Gasteiger partial charge in [0.05, 0.1) is 11.9 Å². The number of imidazole rings is 1. The van der Waals surface area contributed by atoms with Crippen LogP contribution in [0.25, 0.3) is 5.65 Å². The number of nitrogens with zero attached hydrogens (tertiary/aromatic N) is 4. The van der Waals surface area contributed by atoms with E-state index in [1.807, 2.05) is 12.1 Å². The van der Waals surface area contributed by atoms with Crippen molar-refractivity contribution >= 4 is 23.1 Å². The number of rotatable bonds is 3. The van der Waals surface area contributed by atoms with E-state index in [-0.39, 0.29) is 17.4 Å². The van der Waals surface area contributed by atoms with E-state index in [9.17, 15) is 9.18 Å². The highest BCUT2D eigenvalue weighted by molar-refractivity contribution is 6.03. The fourth-order valence-electron chi connectivity index (χ4n) is 3.15. The predicted octanol–water partition coefficient (Wildman–Crippen LogP) is 3.36. The van der Waals surface area contributed by atoms with Gasteiger partial charge in [-0.25, -0.2) is 14.4 Å². The zero-order valence-electron chi connectivity index (χ0n) is 14.5. The molecule has 26 heavy (non-hydrogen) atoms. The number of aromatic nitrogens is 3. The van der Waals surface area contributed by atoms with Crippen LogP contribution in [0.2, 0.25) is 0 Å². The molecule has 1 saturated heterocycles. The van der Waals surface area contributed by atoms with Gasteiger partial charge in [0.1, 0.15) is 23.0 Å². The number of carbonyl (C=O) groups is 1. The molecule has 1 amide bonds. The molecule has 7 heteroatoms. The Morgan fingerprint density at radius 1 is 1.19 bits per heavy atom. The molecule has 0 unspecified atom stereocenters. The first-order valence-electron chi connectivity index (χ1n) is 8.75. The van der Waals surface area contributed by atoms with Gasteiger partial charge in [0.15, 0.2) is 0 Å². The summed E-state index contributed by atoms with van der Waals surface area (Å²) < 4.78 is 14.7. The lowest BCUT2D eigenvalue weighted by Gasteiger charge is -2.31. The molecule has 134 valence electrons. The van der Waals surface area contributed by atoms with E-state index in [1.54, 1.807) is 6.20 Å². The van der Waals surface area contributed by atoms with E-state index in [4.69, 9.17) is 0 Å². The van der Waals surface area contributed by atoms with Crippen molar-refractivity contribution in [2.75, 3.05) is 23.3 Å². The number of nitrogens with one attached hydrogen (secondary N) is 1. The van der Waals surface area contributed by atoms with Crippen LogP contribution in [-0.2, 0) is 0 Å². The van der Waals surface area contributed by atoms with Crippen LogP contribution in [0.3, 0.4) is 0 Å². The number of carbonyl (C=O) groups excluding carboxylic acids is 1. The van der Waals surface area contributed by atoms with E-state index in [2.05, 4.69) is 27.1 Å². The lowest BCUT2D eigenvalue weighted by molar-refractivity contribution is 0.102. The summed E-state index contributed by atoms with van der Waals surface area (Å²) in [5.74, 6) is 0.964. The van der Waals surface area contributed by atoms with Crippen LogP contribution in [-0.4, -0.2) is 33.4 Å². The number of anilines is 2. The van der Waals surface area contributed by atoms with Crippen molar-refractivity contribution in [1.29, 1.82) is 0 Å². The molecular weight excluding hydrogens is 333 g/mol. The summed E-state index contributed by atoms with van der Waals surface area (Å²) in [5.41, 5.74) is 1.35. The first-order chi connectivity index (χ1) is 12.6. The molecule has 1 N–H and O–H groups in total. The fraction of sp³-hybridized carbons (Fsp3) is 0.316. The second-order valence-corrected chi connectivity index (χ2v) is 6.77. The molecule has 0 atom stereocenters. The molecule has 1 aliphatic heterocycles. The molecule has 0 bridgehead atoms. The number of hydrogen-bond acceptors (Lipinski definition) is 4. The van der Waals surface area contributed by atoms with E-state index < -0.39 is 0 Å². The SMILES string of the molecule is CC1CCN(c2ccc(NC(=O)c3cn4cc(F)ccc4n3)cn2)CC1. The maximum Gasteiger partial charge on any atom is 0.275 e. The van der Waals surface area contributed by atoms with Gasteiger partial charge in [-0.2, -0.15) is 0 Å². The summed E-state index contributed by atoms with van der Waals surface area (Å²) in [6.45, 7) is 4.30. The van der Waals surface area contributed by atoms with Gasteiger partial charge < -0.3 is 14.6 Å². The maximum atomic E-state index is 13.2. The van der Waals surface area contributed by atoms with E-state index in [0.717, 1.165) is 24.8 Å². The number of halogens is 1. The molecule has 4 rings (SSSR count). The van der Waals surface area contributed by atoms with Crippen molar-refractivity contribution in [1.82, 2.24) is 14.4 Å². The zero-order chi connectivity index (χ0) is 18.1. The fourth-order valence-corrected chi connectivity index (χ4v) is 3.15. The molecule has 0 saturated carbocycles. The van der Waals surface area contributed by atoms with Crippen molar-refractivity contribution < 1.29 is 9.18 Å². The third-order valence-electron chi connectivity index (χ3n) is 4.76. The van der Waals surface area contributed by atoms with Gasteiger partial charge in [-0.05, 0) is 43.0 Å². The average molecular weight is 353 g/mol. The summed E-state index contributed by atoms with van der Waals surface area (Å²) in [4.78, 5) is 23.3. The summed E-state index contributed by atoms with van der Waals surface area (Å²) in [7, 11) is 0.